The third kappa shape index (κ3) is 8.03. The molecule has 1 aliphatic heterocycles. The molecule has 0 radical (unpaired) electrons. The molecule has 1 saturated heterocycles. The number of ether oxygens (including phenoxy) is 2. The Morgan fingerprint density at radius 3 is 2.59 bits per heavy atom. The SMILES string of the molecule is CSCC[C@@H]1[C@H](n2ccc(=O)[nH]c2=O)O[C@](F)(COP(=O)(N[C@@H](C)C(=O)OC(C)C)Oc2ccccc2)[C@H]1O. The van der Waals surface area contributed by atoms with Gasteiger partial charge in [0, 0.05) is 18.2 Å². The molecule has 3 rings (SSSR count). The number of para-hydroxylation sites is 1. The fourth-order valence-corrected chi connectivity index (χ4v) is 5.92. The van der Waals surface area contributed by atoms with E-state index in [0.717, 1.165) is 16.8 Å². The fourth-order valence-electron chi connectivity index (χ4n) is 3.91. The molecule has 6 atom stereocenters. The molecule has 2 aromatic rings. The molecular weight excluding hydrogens is 556 g/mol. The Labute approximate surface area is 228 Å². The Balaban J connectivity index is 1.87. The second kappa shape index (κ2) is 13.2. The highest BCUT2D eigenvalue weighted by atomic mass is 32.2. The van der Waals surface area contributed by atoms with Crippen molar-refractivity contribution in [2.75, 3.05) is 18.6 Å². The first-order chi connectivity index (χ1) is 18.4. The van der Waals surface area contributed by atoms with E-state index in [1.807, 2.05) is 6.26 Å². The van der Waals surface area contributed by atoms with E-state index in [1.165, 1.54) is 30.8 Å². The van der Waals surface area contributed by atoms with Gasteiger partial charge in [-0.3, -0.25) is 23.7 Å². The number of hydrogen-bond donors (Lipinski definition) is 3. The quantitative estimate of drug-likeness (QED) is 0.233. The van der Waals surface area contributed by atoms with Gasteiger partial charge in [-0.2, -0.15) is 16.8 Å². The lowest BCUT2D eigenvalue weighted by Gasteiger charge is -2.28. The number of carbonyl (C=O) groups is 1. The van der Waals surface area contributed by atoms with Gasteiger partial charge in [0.05, 0.1) is 6.10 Å². The molecule has 15 heteroatoms. The number of aromatic amines is 1. The molecule has 1 aliphatic rings. The standard InChI is InChI=1S/C24H33FN3O9PS/c1-15(2)35-22(31)16(3)27-38(33,37-17-8-6-5-7-9-17)34-14-24(25)20(30)18(11-13-39-4)21(36-24)28-12-10-19(29)26-23(28)32/h5-10,12,15-16,18,20-21,30H,11,13-14H2,1-4H3,(H,27,33)(H,26,29,32)/t16-,18-,20-,21+,24+,38?/m0/s1. The molecule has 0 aliphatic carbocycles. The Kier molecular flexibility index (Phi) is 10.5. The Bertz CT molecular complexity index is 1280. The number of nitrogens with one attached hydrogen (secondary N) is 2. The largest absolute Gasteiger partial charge is 0.462 e. The third-order valence-corrected chi connectivity index (χ3v) is 8.04. The summed E-state index contributed by atoms with van der Waals surface area (Å²) in [5.41, 5.74) is -1.50. The fraction of sp³-hybridized carbons (Fsp3) is 0.542. The van der Waals surface area contributed by atoms with Gasteiger partial charge < -0.3 is 19.1 Å². The first-order valence-electron chi connectivity index (χ1n) is 12.2. The van der Waals surface area contributed by atoms with E-state index in [9.17, 15) is 24.1 Å². The van der Waals surface area contributed by atoms with Gasteiger partial charge in [-0.1, -0.05) is 18.2 Å². The first-order valence-corrected chi connectivity index (χ1v) is 15.1. The predicted molar refractivity (Wildman–Crippen MR) is 142 cm³/mol. The summed E-state index contributed by atoms with van der Waals surface area (Å²) in [7, 11) is -4.47. The number of rotatable bonds is 13. The van der Waals surface area contributed by atoms with E-state index in [4.69, 9.17) is 18.5 Å². The summed E-state index contributed by atoms with van der Waals surface area (Å²) in [4.78, 5) is 38.4. The van der Waals surface area contributed by atoms with Crippen molar-refractivity contribution in [1.82, 2.24) is 14.6 Å². The molecule has 0 bridgehead atoms. The highest BCUT2D eigenvalue weighted by Gasteiger charge is 2.57. The maximum Gasteiger partial charge on any atom is 0.459 e. The number of nitrogens with zero attached hydrogens (tertiary/aromatic N) is 1. The first kappa shape index (κ1) is 31.1. The van der Waals surface area contributed by atoms with Crippen LogP contribution in [0.5, 0.6) is 5.75 Å². The van der Waals surface area contributed by atoms with Crippen LogP contribution in [0.15, 0.2) is 52.2 Å². The van der Waals surface area contributed by atoms with Crippen LogP contribution >= 0.6 is 19.5 Å². The summed E-state index contributed by atoms with van der Waals surface area (Å²) < 4.78 is 52.4. The van der Waals surface area contributed by atoms with Gasteiger partial charge in [-0.15, -0.1) is 0 Å². The molecule has 1 aromatic heterocycles. The minimum absolute atomic E-state index is 0.106. The van der Waals surface area contributed by atoms with Crippen molar-refractivity contribution in [2.24, 2.45) is 5.92 Å². The number of benzene rings is 1. The highest BCUT2D eigenvalue weighted by Crippen LogP contribution is 2.50. The molecule has 1 fully saturated rings. The van der Waals surface area contributed by atoms with Crippen molar-refractivity contribution >= 4 is 25.5 Å². The topological polar surface area (TPSA) is 158 Å². The zero-order valence-corrected chi connectivity index (χ0v) is 23.7. The summed E-state index contributed by atoms with van der Waals surface area (Å²) in [5.74, 6) is -3.98. The molecule has 0 saturated carbocycles. The molecular formula is C24H33FN3O9PS. The number of thioether (sulfide) groups is 1. The monoisotopic (exact) mass is 589 g/mol. The number of hydrogen-bond acceptors (Lipinski definition) is 10. The van der Waals surface area contributed by atoms with E-state index < -0.39 is 67.8 Å². The second-order valence-electron chi connectivity index (χ2n) is 9.21. The Hall–Kier alpha value is -2.48. The van der Waals surface area contributed by atoms with E-state index >= 15 is 4.39 Å². The van der Waals surface area contributed by atoms with Crippen molar-refractivity contribution in [3.05, 3.63) is 63.4 Å². The maximum atomic E-state index is 16.2. The number of aromatic nitrogens is 2. The van der Waals surface area contributed by atoms with Crippen LogP contribution in [0.25, 0.3) is 0 Å². The Morgan fingerprint density at radius 2 is 1.97 bits per heavy atom. The van der Waals surface area contributed by atoms with Gasteiger partial charge in [-0.05, 0) is 51.3 Å². The summed E-state index contributed by atoms with van der Waals surface area (Å²) in [6.45, 7) is 3.58. The van der Waals surface area contributed by atoms with Crippen LogP contribution in [0.3, 0.4) is 0 Å². The van der Waals surface area contributed by atoms with Crippen molar-refractivity contribution in [2.45, 2.75) is 57.5 Å². The van der Waals surface area contributed by atoms with Crippen LogP contribution in [-0.2, 0) is 23.4 Å². The number of H-pyrrole nitrogens is 1. The van der Waals surface area contributed by atoms with Gasteiger partial charge in [0.2, 0.25) is 0 Å². The van der Waals surface area contributed by atoms with E-state index in [-0.39, 0.29) is 12.2 Å². The summed E-state index contributed by atoms with van der Waals surface area (Å²) >= 11 is 1.44. The van der Waals surface area contributed by atoms with Crippen LogP contribution in [0.4, 0.5) is 4.39 Å². The number of halogens is 1. The molecule has 39 heavy (non-hydrogen) atoms. The minimum atomic E-state index is -4.47. The van der Waals surface area contributed by atoms with Crippen LogP contribution in [0, 0.1) is 5.92 Å². The molecule has 0 spiro atoms. The molecule has 216 valence electrons. The Morgan fingerprint density at radius 1 is 1.28 bits per heavy atom. The van der Waals surface area contributed by atoms with Crippen LogP contribution < -0.4 is 20.9 Å². The van der Waals surface area contributed by atoms with Gasteiger partial charge in [0.15, 0.2) is 0 Å². The number of alkyl halides is 1. The van der Waals surface area contributed by atoms with Gasteiger partial charge in [0.25, 0.3) is 11.4 Å². The lowest BCUT2D eigenvalue weighted by molar-refractivity contribution is -0.204. The van der Waals surface area contributed by atoms with Crippen molar-refractivity contribution in [3.8, 4) is 5.75 Å². The van der Waals surface area contributed by atoms with E-state index in [0.29, 0.717) is 5.75 Å². The van der Waals surface area contributed by atoms with E-state index in [2.05, 4.69) is 10.1 Å². The van der Waals surface area contributed by atoms with Crippen LogP contribution in [0.1, 0.15) is 33.4 Å². The van der Waals surface area contributed by atoms with Crippen LogP contribution in [-0.4, -0.2) is 63.3 Å². The lowest BCUT2D eigenvalue weighted by Crippen LogP contribution is -2.43. The number of esters is 1. The average Bonchev–Trinajstić information content (AvgIpc) is 3.11. The predicted octanol–water partition coefficient (Wildman–Crippen LogP) is 2.59. The zero-order valence-electron chi connectivity index (χ0n) is 21.9. The molecule has 2 heterocycles. The zero-order chi connectivity index (χ0) is 28.8. The van der Waals surface area contributed by atoms with Gasteiger partial charge in [-0.25, -0.2) is 13.8 Å². The maximum absolute atomic E-state index is 16.2. The third-order valence-electron chi connectivity index (χ3n) is 5.77. The average molecular weight is 590 g/mol. The van der Waals surface area contributed by atoms with Gasteiger partial charge >= 0.3 is 19.4 Å². The molecule has 1 unspecified atom stereocenters. The summed E-state index contributed by atoms with van der Waals surface area (Å²) in [6.07, 6.45) is -0.332. The normalized spacial score (nSPS) is 25.3. The van der Waals surface area contributed by atoms with Crippen molar-refractivity contribution in [1.29, 1.82) is 0 Å². The molecule has 12 nitrogen and oxygen atoms in total. The number of aliphatic hydroxyl groups is 1. The number of carbonyl (C=O) groups excluding carboxylic acids is 1. The minimum Gasteiger partial charge on any atom is -0.462 e. The van der Waals surface area contributed by atoms with Crippen LogP contribution in [0.2, 0.25) is 0 Å². The molecule has 0 amide bonds. The lowest BCUT2D eigenvalue weighted by atomic mass is 9.96. The van der Waals surface area contributed by atoms with Gasteiger partial charge in [0.1, 0.15) is 30.7 Å². The van der Waals surface area contributed by atoms with Crippen molar-refractivity contribution < 1.29 is 37.4 Å². The highest BCUT2D eigenvalue weighted by molar-refractivity contribution is 7.98. The summed E-state index contributed by atoms with van der Waals surface area (Å²) in [5, 5.41) is 13.4. The second-order valence-corrected chi connectivity index (χ2v) is 11.9. The van der Waals surface area contributed by atoms with E-state index in [1.54, 1.807) is 32.0 Å². The summed E-state index contributed by atoms with van der Waals surface area (Å²) in [6, 6.07) is 7.78. The van der Waals surface area contributed by atoms with Crippen molar-refractivity contribution in [3.63, 3.8) is 0 Å². The molecule has 1 aromatic carbocycles. The molecule has 3 N–H and O–H groups in total. The number of aliphatic hydroxyl groups excluding tert-OH is 1. The smallest absolute Gasteiger partial charge is 0.459 e.